The van der Waals surface area contributed by atoms with E-state index in [2.05, 4.69) is 0 Å². The normalized spacial score (nSPS) is 10.8. The number of Topliss-reactive ketones (excluding diaryl/α,β-unsaturated/α-hetero) is 1. The third kappa shape index (κ3) is 3.08. The fraction of sp³-hybridized carbons (Fsp3) is 0.200. The first-order valence-corrected chi connectivity index (χ1v) is 7.87. The molecule has 0 radical (unpaired) electrons. The predicted octanol–water partition coefficient (Wildman–Crippen LogP) is 4.34. The molecule has 0 atom stereocenters. The molecule has 0 amide bonds. The van der Waals surface area contributed by atoms with Gasteiger partial charge in [-0.15, -0.1) is 0 Å². The third-order valence-corrected chi connectivity index (χ3v) is 4.05. The molecule has 0 saturated heterocycles. The van der Waals surface area contributed by atoms with Crippen LogP contribution in [0.15, 0.2) is 52.9 Å². The molecule has 2 aromatic carbocycles. The Morgan fingerprint density at radius 2 is 1.75 bits per heavy atom. The van der Waals surface area contributed by atoms with Crippen LogP contribution in [-0.2, 0) is 11.2 Å². The molecule has 4 heteroatoms. The Labute approximate surface area is 140 Å². The zero-order valence-corrected chi connectivity index (χ0v) is 13.7. The zero-order valence-electron chi connectivity index (χ0n) is 13.7. The first kappa shape index (κ1) is 16.0. The molecule has 0 saturated carbocycles. The number of esters is 1. The molecule has 0 bridgehead atoms. The first-order chi connectivity index (χ1) is 11.6. The number of hydrogen-bond donors (Lipinski definition) is 0. The highest BCUT2D eigenvalue weighted by Gasteiger charge is 2.20. The summed E-state index contributed by atoms with van der Waals surface area (Å²) >= 11 is 0. The van der Waals surface area contributed by atoms with Gasteiger partial charge in [0.1, 0.15) is 5.58 Å². The number of carbonyl (C=O) groups is 2. The van der Waals surface area contributed by atoms with E-state index in [1.807, 2.05) is 37.3 Å². The summed E-state index contributed by atoms with van der Waals surface area (Å²) in [7, 11) is 0. The van der Waals surface area contributed by atoms with Crippen molar-refractivity contribution in [2.75, 3.05) is 6.61 Å². The van der Waals surface area contributed by atoms with Crippen molar-refractivity contribution in [1.29, 1.82) is 0 Å². The van der Waals surface area contributed by atoms with Crippen LogP contribution < -0.4 is 0 Å². The second kappa shape index (κ2) is 6.71. The van der Waals surface area contributed by atoms with Crippen LogP contribution in [0.4, 0.5) is 0 Å². The highest BCUT2D eigenvalue weighted by Crippen LogP contribution is 2.25. The molecule has 0 aliphatic rings. The number of para-hydroxylation sites is 1. The summed E-state index contributed by atoms with van der Waals surface area (Å²) in [6.45, 7) is 3.54. The van der Waals surface area contributed by atoms with Crippen LogP contribution in [0.25, 0.3) is 11.0 Å². The fourth-order valence-corrected chi connectivity index (χ4v) is 2.58. The Bertz CT molecular complexity index is 888. The standard InChI is InChI=1S/C20H18O4/c1-3-14-8-10-15(11-9-14)17(21)12-23-20(22)19-13(2)16-6-4-5-7-18(16)24-19/h4-11H,3,12H2,1-2H3. The van der Waals surface area contributed by atoms with Gasteiger partial charge in [0.2, 0.25) is 5.76 Å². The molecular formula is C20H18O4. The molecule has 122 valence electrons. The lowest BCUT2D eigenvalue weighted by atomic mass is 10.1. The van der Waals surface area contributed by atoms with Gasteiger partial charge in [0, 0.05) is 16.5 Å². The number of ketones is 1. The van der Waals surface area contributed by atoms with Crippen LogP contribution in [0.5, 0.6) is 0 Å². The number of aryl methyl sites for hydroxylation is 2. The van der Waals surface area contributed by atoms with E-state index in [1.54, 1.807) is 25.1 Å². The number of furan rings is 1. The summed E-state index contributed by atoms with van der Waals surface area (Å²) < 4.78 is 10.7. The predicted molar refractivity (Wildman–Crippen MR) is 91.4 cm³/mol. The molecule has 4 nitrogen and oxygen atoms in total. The van der Waals surface area contributed by atoms with Crippen LogP contribution >= 0.6 is 0 Å². The number of ether oxygens (including phenoxy) is 1. The summed E-state index contributed by atoms with van der Waals surface area (Å²) in [6.07, 6.45) is 0.911. The fourth-order valence-electron chi connectivity index (χ4n) is 2.58. The van der Waals surface area contributed by atoms with Gasteiger partial charge in [0.15, 0.2) is 12.4 Å². The van der Waals surface area contributed by atoms with Crippen LogP contribution in [0.3, 0.4) is 0 Å². The first-order valence-electron chi connectivity index (χ1n) is 7.87. The Balaban J connectivity index is 1.69. The van der Waals surface area contributed by atoms with Crippen molar-refractivity contribution < 1.29 is 18.7 Å². The SMILES string of the molecule is CCc1ccc(C(=O)COC(=O)c2oc3ccccc3c2C)cc1. The molecule has 1 heterocycles. The summed E-state index contributed by atoms with van der Waals surface area (Å²) in [5.41, 5.74) is 3.03. The quantitative estimate of drug-likeness (QED) is 0.518. The molecule has 0 unspecified atom stereocenters. The van der Waals surface area contributed by atoms with E-state index in [0.717, 1.165) is 22.9 Å². The minimum Gasteiger partial charge on any atom is -0.451 e. The van der Waals surface area contributed by atoms with E-state index < -0.39 is 5.97 Å². The van der Waals surface area contributed by atoms with Crippen molar-refractivity contribution in [2.24, 2.45) is 0 Å². The second-order valence-corrected chi connectivity index (χ2v) is 5.60. The molecular weight excluding hydrogens is 304 g/mol. The summed E-state index contributed by atoms with van der Waals surface area (Å²) in [5.74, 6) is -0.715. The topological polar surface area (TPSA) is 56.5 Å². The number of benzene rings is 2. The van der Waals surface area contributed by atoms with Gasteiger partial charge in [-0.05, 0) is 25.0 Å². The van der Waals surface area contributed by atoms with Crippen molar-refractivity contribution >= 4 is 22.7 Å². The molecule has 0 aliphatic heterocycles. The molecule has 3 rings (SSSR count). The van der Waals surface area contributed by atoms with Gasteiger partial charge < -0.3 is 9.15 Å². The number of rotatable bonds is 5. The van der Waals surface area contributed by atoms with Crippen molar-refractivity contribution in [1.82, 2.24) is 0 Å². The number of fused-ring (bicyclic) bond motifs is 1. The Morgan fingerprint density at radius 3 is 2.42 bits per heavy atom. The Morgan fingerprint density at radius 1 is 1.04 bits per heavy atom. The van der Waals surface area contributed by atoms with E-state index in [9.17, 15) is 9.59 Å². The van der Waals surface area contributed by atoms with Crippen LogP contribution in [-0.4, -0.2) is 18.4 Å². The number of hydrogen-bond acceptors (Lipinski definition) is 4. The minimum absolute atomic E-state index is 0.144. The minimum atomic E-state index is -0.623. The van der Waals surface area contributed by atoms with Crippen LogP contribution in [0.1, 0.15) is 39.0 Å². The van der Waals surface area contributed by atoms with E-state index in [4.69, 9.17) is 9.15 Å². The summed E-state index contributed by atoms with van der Waals surface area (Å²) in [4.78, 5) is 24.3. The molecule has 0 N–H and O–H groups in total. The highest BCUT2D eigenvalue weighted by molar-refractivity contribution is 6.00. The van der Waals surface area contributed by atoms with E-state index in [1.165, 1.54) is 0 Å². The maximum absolute atomic E-state index is 12.2. The molecule has 3 aromatic rings. The summed E-state index contributed by atoms with van der Waals surface area (Å²) in [6, 6.07) is 14.7. The van der Waals surface area contributed by atoms with Crippen LogP contribution in [0, 0.1) is 6.92 Å². The van der Waals surface area contributed by atoms with E-state index in [0.29, 0.717) is 11.1 Å². The van der Waals surface area contributed by atoms with Gasteiger partial charge in [-0.3, -0.25) is 4.79 Å². The zero-order chi connectivity index (χ0) is 17.1. The van der Waals surface area contributed by atoms with Gasteiger partial charge in [0.05, 0.1) is 0 Å². The van der Waals surface area contributed by atoms with Crippen molar-refractivity contribution in [2.45, 2.75) is 20.3 Å². The second-order valence-electron chi connectivity index (χ2n) is 5.60. The largest absolute Gasteiger partial charge is 0.451 e. The van der Waals surface area contributed by atoms with E-state index in [-0.39, 0.29) is 18.2 Å². The Hall–Kier alpha value is -2.88. The molecule has 0 fully saturated rings. The summed E-state index contributed by atoms with van der Waals surface area (Å²) in [5, 5.41) is 0.867. The lowest BCUT2D eigenvalue weighted by Gasteiger charge is -2.04. The lowest BCUT2D eigenvalue weighted by molar-refractivity contribution is 0.0445. The molecule has 24 heavy (non-hydrogen) atoms. The maximum Gasteiger partial charge on any atom is 0.375 e. The Kier molecular flexibility index (Phi) is 4.47. The van der Waals surface area contributed by atoms with Crippen molar-refractivity contribution in [3.05, 3.63) is 71.0 Å². The van der Waals surface area contributed by atoms with Crippen molar-refractivity contribution in [3.8, 4) is 0 Å². The van der Waals surface area contributed by atoms with E-state index >= 15 is 0 Å². The smallest absolute Gasteiger partial charge is 0.375 e. The molecule has 0 spiro atoms. The van der Waals surface area contributed by atoms with Gasteiger partial charge in [-0.25, -0.2) is 4.79 Å². The average Bonchev–Trinajstić information content (AvgIpc) is 2.96. The molecule has 0 aliphatic carbocycles. The molecule has 1 aromatic heterocycles. The van der Waals surface area contributed by atoms with Gasteiger partial charge in [-0.2, -0.15) is 0 Å². The van der Waals surface area contributed by atoms with Gasteiger partial charge in [0.25, 0.3) is 0 Å². The highest BCUT2D eigenvalue weighted by atomic mass is 16.5. The third-order valence-electron chi connectivity index (χ3n) is 4.05. The van der Waals surface area contributed by atoms with Gasteiger partial charge >= 0.3 is 5.97 Å². The average molecular weight is 322 g/mol. The van der Waals surface area contributed by atoms with Crippen molar-refractivity contribution in [3.63, 3.8) is 0 Å². The van der Waals surface area contributed by atoms with Gasteiger partial charge in [-0.1, -0.05) is 49.4 Å². The lowest BCUT2D eigenvalue weighted by Crippen LogP contribution is -2.14. The monoisotopic (exact) mass is 322 g/mol. The number of carbonyl (C=O) groups excluding carboxylic acids is 2. The van der Waals surface area contributed by atoms with Crippen LogP contribution in [0.2, 0.25) is 0 Å². The maximum atomic E-state index is 12.2.